The van der Waals surface area contributed by atoms with Crippen LogP contribution in [0, 0.1) is 21.4 Å². The molecule has 0 heterocycles. The van der Waals surface area contributed by atoms with Gasteiger partial charge < -0.3 is 4.74 Å². The second-order valence-corrected chi connectivity index (χ2v) is 4.56. The number of allylic oxidation sites excluding steroid dienone is 1. The zero-order valence-corrected chi connectivity index (χ0v) is 12.0. The third kappa shape index (κ3) is 3.57. The molecule has 1 atom stereocenters. The standard InChI is InChI=1S/C17H14N2O3/c1-22-17(14-7-9-16(10-8-14)19(20)21)11-15(12-18)13-5-3-2-4-6-13/h2-11,17H,1H3/b15-11+. The number of ether oxygens (including phenoxy) is 1. The van der Waals surface area contributed by atoms with Crippen LogP contribution in [0.3, 0.4) is 0 Å². The molecule has 0 aliphatic rings. The van der Waals surface area contributed by atoms with Crippen molar-refractivity contribution in [1.29, 1.82) is 5.26 Å². The van der Waals surface area contributed by atoms with Gasteiger partial charge in [-0.25, -0.2) is 0 Å². The summed E-state index contributed by atoms with van der Waals surface area (Å²) in [6.45, 7) is 0. The quantitative estimate of drug-likeness (QED) is 0.476. The summed E-state index contributed by atoms with van der Waals surface area (Å²) in [7, 11) is 1.53. The Morgan fingerprint density at radius 2 is 1.86 bits per heavy atom. The third-order valence-corrected chi connectivity index (χ3v) is 3.21. The molecular formula is C17H14N2O3. The molecule has 110 valence electrons. The van der Waals surface area contributed by atoms with Crippen molar-refractivity contribution < 1.29 is 9.66 Å². The van der Waals surface area contributed by atoms with Crippen molar-refractivity contribution in [3.05, 3.63) is 81.9 Å². The van der Waals surface area contributed by atoms with E-state index in [2.05, 4.69) is 6.07 Å². The summed E-state index contributed by atoms with van der Waals surface area (Å²) in [4.78, 5) is 10.2. The molecule has 0 fully saturated rings. The molecule has 0 aliphatic carbocycles. The van der Waals surface area contributed by atoms with Crippen molar-refractivity contribution in [3.63, 3.8) is 0 Å². The maximum Gasteiger partial charge on any atom is 0.269 e. The van der Waals surface area contributed by atoms with Gasteiger partial charge in [-0.2, -0.15) is 5.26 Å². The van der Waals surface area contributed by atoms with E-state index in [-0.39, 0.29) is 5.69 Å². The maximum absolute atomic E-state index is 10.7. The summed E-state index contributed by atoms with van der Waals surface area (Å²) in [5, 5.41) is 20.0. The predicted molar refractivity (Wildman–Crippen MR) is 82.9 cm³/mol. The second kappa shape index (κ2) is 7.16. The molecule has 0 spiro atoms. The molecule has 0 aliphatic heterocycles. The first-order valence-corrected chi connectivity index (χ1v) is 6.60. The third-order valence-electron chi connectivity index (χ3n) is 3.21. The van der Waals surface area contributed by atoms with Crippen molar-refractivity contribution in [2.75, 3.05) is 7.11 Å². The average molecular weight is 294 g/mol. The van der Waals surface area contributed by atoms with E-state index in [0.29, 0.717) is 5.57 Å². The number of benzene rings is 2. The van der Waals surface area contributed by atoms with Gasteiger partial charge in [0.2, 0.25) is 0 Å². The number of rotatable bonds is 5. The van der Waals surface area contributed by atoms with E-state index in [4.69, 9.17) is 4.74 Å². The van der Waals surface area contributed by atoms with E-state index in [1.54, 1.807) is 18.2 Å². The lowest BCUT2D eigenvalue weighted by Gasteiger charge is -2.12. The minimum atomic E-state index is -0.452. The Balaban J connectivity index is 2.33. The van der Waals surface area contributed by atoms with E-state index < -0.39 is 11.0 Å². The normalized spacial score (nSPS) is 12.5. The summed E-state index contributed by atoms with van der Waals surface area (Å²) in [5.41, 5.74) is 2.06. The van der Waals surface area contributed by atoms with Gasteiger partial charge in [0.1, 0.15) is 6.10 Å². The van der Waals surface area contributed by atoms with Crippen molar-refractivity contribution >= 4 is 11.3 Å². The minimum Gasteiger partial charge on any atom is -0.373 e. The number of nitro groups is 1. The molecule has 2 aromatic carbocycles. The largest absolute Gasteiger partial charge is 0.373 e. The molecule has 0 aromatic heterocycles. The van der Waals surface area contributed by atoms with Crippen molar-refractivity contribution in [2.45, 2.75) is 6.10 Å². The summed E-state index contributed by atoms with van der Waals surface area (Å²) in [6, 6.07) is 17.5. The minimum absolute atomic E-state index is 0.0196. The van der Waals surface area contributed by atoms with Crippen LogP contribution in [0.4, 0.5) is 5.69 Å². The van der Waals surface area contributed by atoms with Gasteiger partial charge in [-0.05, 0) is 29.3 Å². The van der Waals surface area contributed by atoms with Crippen LogP contribution in [-0.4, -0.2) is 12.0 Å². The molecule has 0 saturated heterocycles. The molecule has 0 bridgehead atoms. The highest BCUT2D eigenvalue weighted by atomic mass is 16.6. The monoisotopic (exact) mass is 294 g/mol. The highest BCUT2D eigenvalue weighted by molar-refractivity contribution is 5.77. The Hall–Kier alpha value is -2.97. The van der Waals surface area contributed by atoms with Crippen LogP contribution in [0.1, 0.15) is 17.2 Å². The smallest absolute Gasteiger partial charge is 0.269 e. The molecular weight excluding hydrogens is 280 g/mol. The molecule has 22 heavy (non-hydrogen) atoms. The average Bonchev–Trinajstić information content (AvgIpc) is 2.57. The topological polar surface area (TPSA) is 76.2 Å². The van der Waals surface area contributed by atoms with E-state index in [0.717, 1.165) is 11.1 Å². The van der Waals surface area contributed by atoms with Crippen LogP contribution in [0.15, 0.2) is 60.7 Å². The first-order chi connectivity index (χ1) is 10.7. The Labute approximate surface area is 128 Å². The molecule has 2 rings (SSSR count). The van der Waals surface area contributed by atoms with Crippen LogP contribution < -0.4 is 0 Å². The van der Waals surface area contributed by atoms with Crippen LogP contribution in [0.25, 0.3) is 5.57 Å². The Kier molecular flexibility index (Phi) is 5.02. The van der Waals surface area contributed by atoms with Crippen LogP contribution in [-0.2, 0) is 4.74 Å². The van der Waals surface area contributed by atoms with Crippen molar-refractivity contribution in [3.8, 4) is 6.07 Å². The van der Waals surface area contributed by atoms with Crippen LogP contribution in [0.5, 0.6) is 0 Å². The first kappa shape index (κ1) is 15.4. The Morgan fingerprint density at radius 3 is 2.36 bits per heavy atom. The molecule has 0 N–H and O–H groups in total. The zero-order valence-electron chi connectivity index (χ0n) is 12.0. The molecule has 2 aromatic rings. The zero-order chi connectivity index (χ0) is 15.9. The van der Waals surface area contributed by atoms with E-state index in [1.165, 1.54) is 19.2 Å². The SMILES string of the molecule is COC(/C=C(\C#N)c1ccccc1)c1ccc([N+](=O)[O-])cc1. The summed E-state index contributed by atoms with van der Waals surface area (Å²) in [6.07, 6.45) is 1.26. The summed E-state index contributed by atoms with van der Waals surface area (Å²) < 4.78 is 5.39. The first-order valence-electron chi connectivity index (χ1n) is 6.60. The van der Waals surface area contributed by atoms with Gasteiger partial charge in [0.15, 0.2) is 0 Å². The van der Waals surface area contributed by atoms with Crippen molar-refractivity contribution in [2.24, 2.45) is 0 Å². The lowest BCUT2D eigenvalue weighted by Crippen LogP contribution is -1.99. The number of nitrogens with zero attached hydrogens (tertiary/aromatic N) is 2. The van der Waals surface area contributed by atoms with Gasteiger partial charge in [-0.1, -0.05) is 30.3 Å². The molecule has 5 nitrogen and oxygen atoms in total. The van der Waals surface area contributed by atoms with Gasteiger partial charge >= 0.3 is 0 Å². The highest BCUT2D eigenvalue weighted by Gasteiger charge is 2.12. The van der Waals surface area contributed by atoms with E-state index in [9.17, 15) is 15.4 Å². The van der Waals surface area contributed by atoms with Gasteiger partial charge in [-0.15, -0.1) is 0 Å². The predicted octanol–water partition coefficient (Wildman–Crippen LogP) is 3.89. The lowest BCUT2D eigenvalue weighted by atomic mass is 10.0. The van der Waals surface area contributed by atoms with Crippen molar-refractivity contribution in [1.82, 2.24) is 0 Å². The Bertz CT molecular complexity index is 716. The van der Waals surface area contributed by atoms with E-state index >= 15 is 0 Å². The fourth-order valence-electron chi connectivity index (χ4n) is 2.05. The molecule has 1 unspecified atom stereocenters. The number of nitriles is 1. The number of non-ortho nitro benzene ring substituents is 1. The number of hydrogen-bond acceptors (Lipinski definition) is 4. The number of hydrogen-bond donors (Lipinski definition) is 0. The number of nitro benzene ring substituents is 1. The van der Waals surface area contributed by atoms with E-state index in [1.807, 2.05) is 30.3 Å². The van der Waals surface area contributed by atoms with Crippen LogP contribution in [0.2, 0.25) is 0 Å². The summed E-state index contributed by atoms with van der Waals surface area (Å²) >= 11 is 0. The maximum atomic E-state index is 10.7. The fourth-order valence-corrected chi connectivity index (χ4v) is 2.05. The highest BCUT2D eigenvalue weighted by Crippen LogP contribution is 2.25. The molecule has 0 saturated carbocycles. The van der Waals surface area contributed by atoms with Gasteiger partial charge in [0.25, 0.3) is 5.69 Å². The van der Waals surface area contributed by atoms with Gasteiger partial charge in [-0.3, -0.25) is 10.1 Å². The fraction of sp³-hybridized carbons (Fsp3) is 0.118. The number of methoxy groups -OCH3 is 1. The van der Waals surface area contributed by atoms with Crippen LogP contribution >= 0.6 is 0 Å². The molecule has 0 amide bonds. The Morgan fingerprint density at radius 1 is 1.23 bits per heavy atom. The molecule has 0 radical (unpaired) electrons. The second-order valence-electron chi connectivity index (χ2n) is 4.56. The lowest BCUT2D eigenvalue weighted by molar-refractivity contribution is -0.384. The molecule has 5 heteroatoms. The summed E-state index contributed by atoms with van der Waals surface area (Å²) in [5.74, 6) is 0. The van der Waals surface area contributed by atoms with Gasteiger partial charge in [0.05, 0.1) is 16.6 Å². The van der Waals surface area contributed by atoms with Gasteiger partial charge in [0, 0.05) is 19.2 Å².